The summed E-state index contributed by atoms with van der Waals surface area (Å²) < 4.78 is 18.2. The number of pyridine rings is 1. The highest BCUT2D eigenvalue weighted by Crippen LogP contribution is 2.44. The zero-order chi connectivity index (χ0) is 16.1. The molecule has 0 atom stereocenters. The number of hydrogen-bond donors (Lipinski definition) is 0. The van der Waals surface area contributed by atoms with Crippen LogP contribution >= 0.6 is 0 Å². The molecular weight excluding hydrogens is 294 g/mol. The van der Waals surface area contributed by atoms with Crippen LogP contribution in [-0.2, 0) is 13.0 Å². The van der Waals surface area contributed by atoms with Crippen LogP contribution in [0, 0.1) is 0 Å². The first-order valence-corrected chi connectivity index (χ1v) is 7.48. The predicted octanol–water partition coefficient (Wildman–Crippen LogP) is 2.74. The van der Waals surface area contributed by atoms with Gasteiger partial charge in [-0.25, -0.2) is 0 Å². The molecule has 1 aliphatic rings. The van der Waals surface area contributed by atoms with Crippen LogP contribution in [0.2, 0.25) is 0 Å². The quantitative estimate of drug-likeness (QED) is 0.698. The van der Waals surface area contributed by atoms with Crippen molar-refractivity contribution in [3.63, 3.8) is 0 Å². The number of nitrogens with zero attached hydrogens (tertiary/aromatic N) is 1. The third kappa shape index (κ3) is 1.70. The maximum Gasteiger partial charge on any atom is 0.262 e. The minimum Gasteiger partial charge on any atom is -0.493 e. The molecule has 1 aromatic heterocycles. The Hall–Kier alpha value is -2.69. The fourth-order valence-electron chi connectivity index (χ4n) is 3.59. The van der Waals surface area contributed by atoms with Crippen molar-refractivity contribution in [1.82, 2.24) is 4.57 Å². The fraction of sp³-hybridized carbons (Fsp3) is 0.278. The van der Waals surface area contributed by atoms with Crippen LogP contribution in [0.3, 0.4) is 0 Å². The van der Waals surface area contributed by atoms with Crippen LogP contribution in [0.15, 0.2) is 29.1 Å². The molecule has 0 saturated heterocycles. The largest absolute Gasteiger partial charge is 0.493 e. The Kier molecular flexibility index (Phi) is 2.98. The third-order valence-corrected chi connectivity index (χ3v) is 4.57. The number of fused-ring (bicyclic) bond motifs is 2. The van der Waals surface area contributed by atoms with E-state index < -0.39 is 0 Å². The van der Waals surface area contributed by atoms with E-state index in [0.29, 0.717) is 29.2 Å². The van der Waals surface area contributed by atoms with Gasteiger partial charge >= 0.3 is 0 Å². The number of para-hydroxylation sites is 1. The zero-order valence-corrected chi connectivity index (χ0v) is 13.3. The molecule has 0 aliphatic carbocycles. The molecule has 0 fully saturated rings. The summed E-state index contributed by atoms with van der Waals surface area (Å²) in [5.74, 6) is 1.43. The van der Waals surface area contributed by atoms with Gasteiger partial charge in [0.15, 0.2) is 11.5 Å². The number of benzene rings is 2. The van der Waals surface area contributed by atoms with Gasteiger partial charge in [-0.05, 0) is 18.1 Å². The molecule has 0 unspecified atom stereocenters. The van der Waals surface area contributed by atoms with Crippen LogP contribution in [0.25, 0.3) is 21.7 Å². The summed E-state index contributed by atoms with van der Waals surface area (Å²) >= 11 is 0. The predicted molar refractivity (Wildman–Crippen MR) is 89.1 cm³/mol. The van der Waals surface area contributed by atoms with Crippen LogP contribution in [0.5, 0.6) is 17.2 Å². The van der Waals surface area contributed by atoms with Gasteiger partial charge in [0.05, 0.1) is 32.2 Å². The van der Waals surface area contributed by atoms with E-state index in [0.717, 1.165) is 22.7 Å². The lowest BCUT2D eigenvalue weighted by Crippen LogP contribution is -2.19. The standard InChI is InChI=1S/C18H17NO4/c1-21-13-9-12-11-6-4-5-10-7-8-19(15(10)11)18(20)14(12)17(23-3)16(13)22-2/h4-6,9H,7-8H2,1-3H3. The van der Waals surface area contributed by atoms with Crippen molar-refractivity contribution in [2.75, 3.05) is 21.3 Å². The van der Waals surface area contributed by atoms with Crippen LogP contribution in [0.1, 0.15) is 5.56 Å². The Morgan fingerprint density at radius 2 is 1.78 bits per heavy atom. The number of hydrogen-bond acceptors (Lipinski definition) is 4. The van der Waals surface area contributed by atoms with Gasteiger partial charge in [-0.15, -0.1) is 0 Å². The van der Waals surface area contributed by atoms with Gasteiger partial charge < -0.3 is 18.8 Å². The molecule has 2 heterocycles. The second kappa shape index (κ2) is 4.91. The first-order valence-electron chi connectivity index (χ1n) is 7.48. The molecule has 118 valence electrons. The van der Waals surface area contributed by atoms with Crippen molar-refractivity contribution < 1.29 is 14.2 Å². The topological polar surface area (TPSA) is 49.7 Å². The van der Waals surface area contributed by atoms with Gasteiger partial charge in [-0.3, -0.25) is 4.79 Å². The lowest BCUT2D eigenvalue weighted by Gasteiger charge is -2.16. The summed E-state index contributed by atoms with van der Waals surface area (Å²) in [6.45, 7) is 0.697. The minimum atomic E-state index is -0.0461. The monoisotopic (exact) mass is 311 g/mol. The Labute approximate surface area is 133 Å². The fourth-order valence-corrected chi connectivity index (χ4v) is 3.59. The first kappa shape index (κ1) is 13.9. The molecule has 5 heteroatoms. The number of rotatable bonds is 3. The van der Waals surface area contributed by atoms with E-state index in [1.807, 2.05) is 22.8 Å². The van der Waals surface area contributed by atoms with E-state index in [-0.39, 0.29) is 5.56 Å². The molecule has 0 N–H and O–H groups in total. The number of aryl methyl sites for hydroxylation is 2. The highest BCUT2D eigenvalue weighted by molar-refractivity contribution is 6.10. The van der Waals surface area contributed by atoms with Crippen molar-refractivity contribution in [3.05, 3.63) is 40.2 Å². The number of ether oxygens (including phenoxy) is 3. The SMILES string of the molecule is COc1cc2c(c(OC)c1OC)c(=O)n1c3c(cccc23)CC1. The van der Waals surface area contributed by atoms with Crippen molar-refractivity contribution in [1.29, 1.82) is 0 Å². The van der Waals surface area contributed by atoms with Gasteiger partial charge in [0.1, 0.15) is 0 Å². The lowest BCUT2D eigenvalue weighted by atomic mass is 10.0. The summed E-state index contributed by atoms with van der Waals surface area (Å²) in [4.78, 5) is 13.0. The average molecular weight is 311 g/mol. The van der Waals surface area contributed by atoms with Crippen molar-refractivity contribution in [2.24, 2.45) is 0 Å². The molecule has 4 rings (SSSR count). The molecule has 0 spiro atoms. The maximum absolute atomic E-state index is 13.0. The van der Waals surface area contributed by atoms with Crippen LogP contribution in [-0.4, -0.2) is 25.9 Å². The van der Waals surface area contributed by atoms with E-state index >= 15 is 0 Å². The molecule has 5 nitrogen and oxygen atoms in total. The smallest absolute Gasteiger partial charge is 0.262 e. The number of aromatic nitrogens is 1. The number of methoxy groups -OCH3 is 3. The van der Waals surface area contributed by atoms with Gasteiger partial charge in [-0.2, -0.15) is 0 Å². The van der Waals surface area contributed by atoms with E-state index in [2.05, 4.69) is 6.07 Å². The highest BCUT2D eigenvalue weighted by atomic mass is 16.5. The normalized spacial score (nSPS) is 12.8. The molecule has 2 aromatic carbocycles. The highest BCUT2D eigenvalue weighted by Gasteiger charge is 2.24. The average Bonchev–Trinajstić information content (AvgIpc) is 3.02. The van der Waals surface area contributed by atoms with Gasteiger partial charge in [-0.1, -0.05) is 18.2 Å². The summed E-state index contributed by atoms with van der Waals surface area (Å²) in [6, 6.07) is 8.00. The lowest BCUT2D eigenvalue weighted by molar-refractivity contribution is 0.327. The summed E-state index contributed by atoms with van der Waals surface area (Å²) in [7, 11) is 4.67. The van der Waals surface area contributed by atoms with Crippen LogP contribution in [0.4, 0.5) is 0 Å². The molecular formula is C18H17NO4. The van der Waals surface area contributed by atoms with Crippen molar-refractivity contribution in [2.45, 2.75) is 13.0 Å². The minimum absolute atomic E-state index is 0.0461. The van der Waals surface area contributed by atoms with Crippen molar-refractivity contribution >= 4 is 21.7 Å². The maximum atomic E-state index is 13.0. The van der Waals surface area contributed by atoms with E-state index in [1.54, 1.807) is 21.3 Å². The molecule has 23 heavy (non-hydrogen) atoms. The zero-order valence-electron chi connectivity index (χ0n) is 13.3. The van der Waals surface area contributed by atoms with Crippen LogP contribution < -0.4 is 19.8 Å². The van der Waals surface area contributed by atoms with E-state index in [9.17, 15) is 4.79 Å². The molecule has 1 aliphatic heterocycles. The van der Waals surface area contributed by atoms with E-state index in [1.165, 1.54) is 5.56 Å². The Bertz CT molecular complexity index is 1000. The van der Waals surface area contributed by atoms with Crippen molar-refractivity contribution in [3.8, 4) is 17.2 Å². The molecule has 0 amide bonds. The second-order valence-corrected chi connectivity index (χ2v) is 5.59. The third-order valence-electron chi connectivity index (χ3n) is 4.57. The Morgan fingerprint density at radius 1 is 1.00 bits per heavy atom. The molecule has 0 saturated carbocycles. The first-order chi connectivity index (χ1) is 11.2. The second-order valence-electron chi connectivity index (χ2n) is 5.59. The Balaban J connectivity index is 2.32. The summed E-state index contributed by atoms with van der Waals surface area (Å²) in [6.07, 6.45) is 0.874. The molecule has 0 radical (unpaired) electrons. The Morgan fingerprint density at radius 3 is 2.48 bits per heavy atom. The summed E-state index contributed by atoms with van der Waals surface area (Å²) in [5.41, 5.74) is 2.17. The molecule has 0 bridgehead atoms. The van der Waals surface area contributed by atoms with E-state index in [4.69, 9.17) is 14.2 Å². The van der Waals surface area contributed by atoms with Gasteiger partial charge in [0, 0.05) is 17.3 Å². The summed E-state index contributed by atoms with van der Waals surface area (Å²) in [5, 5.41) is 2.41. The van der Waals surface area contributed by atoms with Gasteiger partial charge in [0.2, 0.25) is 5.75 Å². The van der Waals surface area contributed by atoms with Gasteiger partial charge in [0.25, 0.3) is 5.56 Å². The molecule has 3 aromatic rings.